The Balaban J connectivity index is 1.75. The van der Waals surface area contributed by atoms with E-state index in [1.165, 1.54) is 0 Å². The molecule has 2 aliphatic heterocycles. The molecule has 1 saturated heterocycles. The Bertz CT molecular complexity index is 1260. The quantitative estimate of drug-likeness (QED) is 0.494. The van der Waals surface area contributed by atoms with E-state index in [1.54, 1.807) is 0 Å². The van der Waals surface area contributed by atoms with E-state index < -0.39 is 0 Å². The van der Waals surface area contributed by atoms with Gasteiger partial charge in [-0.3, -0.25) is 4.79 Å². The summed E-state index contributed by atoms with van der Waals surface area (Å²) in [5.74, 6) is 0.750. The standard InChI is InChI=1S/C21H15NO4/c23-20-13-5-6-16-18(21-17(9-24-16)25-10-26-21)19(13)22-15-8-12-4-2-1-3-11(12)7-14(15)20/h1-8,17,21H,9-10H2,(H,22,23). The molecule has 1 aromatic heterocycles. The third-order valence-electron chi connectivity index (χ3n) is 5.40. The lowest BCUT2D eigenvalue weighted by Crippen LogP contribution is -2.29. The maximum absolute atomic E-state index is 13.2. The van der Waals surface area contributed by atoms with E-state index in [2.05, 4.69) is 4.98 Å². The Labute approximate surface area is 148 Å². The van der Waals surface area contributed by atoms with Gasteiger partial charge in [-0.15, -0.1) is 0 Å². The van der Waals surface area contributed by atoms with Crippen LogP contribution in [0.3, 0.4) is 0 Å². The van der Waals surface area contributed by atoms with Crippen molar-refractivity contribution in [2.75, 3.05) is 13.4 Å². The maximum Gasteiger partial charge on any atom is 0.197 e. The van der Waals surface area contributed by atoms with Crippen molar-refractivity contribution in [2.24, 2.45) is 0 Å². The van der Waals surface area contributed by atoms with Gasteiger partial charge in [0.05, 0.1) is 11.0 Å². The summed E-state index contributed by atoms with van der Waals surface area (Å²) in [4.78, 5) is 16.6. The number of H-pyrrole nitrogens is 1. The van der Waals surface area contributed by atoms with E-state index >= 15 is 0 Å². The second-order valence-corrected chi connectivity index (χ2v) is 6.82. The number of benzene rings is 3. The smallest absolute Gasteiger partial charge is 0.197 e. The second-order valence-electron chi connectivity index (χ2n) is 6.82. The van der Waals surface area contributed by atoms with Crippen molar-refractivity contribution < 1.29 is 14.2 Å². The summed E-state index contributed by atoms with van der Waals surface area (Å²) in [6.07, 6.45) is -0.347. The number of nitrogens with one attached hydrogen (secondary N) is 1. The van der Waals surface area contributed by atoms with Crippen molar-refractivity contribution >= 4 is 32.6 Å². The molecule has 4 aromatic rings. The van der Waals surface area contributed by atoms with Crippen molar-refractivity contribution in [3.05, 3.63) is 64.3 Å². The van der Waals surface area contributed by atoms with Crippen molar-refractivity contribution in [2.45, 2.75) is 12.2 Å². The molecule has 2 aliphatic rings. The molecular formula is C21H15NO4. The van der Waals surface area contributed by atoms with Gasteiger partial charge in [0.1, 0.15) is 31.4 Å². The number of aromatic nitrogens is 1. The molecule has 2 unspecified atom stereocenters. The first-order chi connectivity index (χ1) is 12.8. The number of aromatic amines is 1. The average molecular weight is 345 g/mol. The van der Waals surface area contributed by atoms with E-state index in [9.17, 15) is 4.79 Å². The summed E-state index contributed by atoms with van der Waals surface area (Å²) in [6.45, 7) is 0.711. The van der Waals surface area contributed by atoms with Crippen LogP contribution < -0.4 is 10.2 Å². The van der Waals surface area contributed by atoms with Crippen LogP contribution in [-0.2, 0) is 9.47 Å². The van der Waals surface area contributed by atoms with E-state index in [4.69, 9.17) is 14.2 Å². The largest absolute Gasteiger partial charge is 0.490 e. The van der Waals surface area contributed by atoms with Crippen LogP contribution in [0.15, 0.2) is 53.3 Å². The first-order valence-corrected chi connectivity index (χ1v) is 8.67. The van der Waals surface area contributed by atoms with Crippen LogP contribution in [0.4, 0.5) is 0 Å². The summed E-state index contributed by atoms with van der Waals surface area (Å²) in [6, 6.07) is 15.7. The number of ether oxygens (including phenoxy) is 3. The van der Waals surface area contributed by atoms with Crippen molar-refractivity contribution in [3.63, 3.8) is 0 Å². The Morgan fingerprint density at radius 2 is 1.81 bits per heavy atom. The molecule has 0 aliphatic carbocycles. The minimum atomic E-state index is -0.212. The highest BCUT2D eigenvalue weighted by molar-refractivity contribution is 6.01. The van der Waals surface area contributed by atoms with Crippen molar-refractivity contribution in [3.8, 4) is 5.75 Å². The van der Waals surface area contributed by atoms with Crippen LogP contribution in [0, 0.1) is 0 Å². The Morgan fingerprint density at radius 3 is 2.69 bits per heavy atom. The molecule has 0 spiro atoms. The molecule has 0 amide bonds. The van der Waals surface area contributed by atoms with Gasteiger partial charge < -0.3 is 19.2 Å². The SMILES string of the molecule is O=c1c2cc3ccccc3cc2[nH]c2c3c(ccc12)OCC1OCOC31. The van der Waals surface area contributed by atoms with Crippen LogP contribution >= 0.6 is 0 Å². The monoisotopic (exact) mass is 345 g/mol. The van der Waals surface area contributed by atoms with Gasteiger partial charge in [-0.05, 0) is 35.0 Å². The molecule has 0 radical (unpaired) electrons. The maximum atomic E-state index is 13.2. The molecule has 2 atom stereocenters. The molecule has 26 heavy (non-hydrogen) atoms. The fourth-order valence-electron chi connectivity index (χ4n) is 4.12. The van der Waals surface area contributed by atoms with Gasteiger partial charge in [0.25, 0.3) is 0 Å². The lowest BCUT2D eigenvalue weighted by molar-refractivity contribution is 0.0325. The van der Waals surface area contributed by atoms with Gasteiger partial charge in [0.2, 0.25) is 0 Å². The first-order valence-electron chi connectivity index (χ1n) is 8.67. The Kier molecular flexibility index (Phi) is 2.78. The van der Waals surface area contributed by atoms with Gasteiger partial charge in [0.15, 0.2) is 5.43 Å². The fourth-order valence-corrected chi connectivity index (χ4v) is 4.12. The van der Waals surface area contributed by atoms with Gasteiger partial charge in [-0.1, -0.05) is 24.3 Å². The highest BCUT2D eigenvalue weighted by Crippen LogP contribution is 2.42. The van der Waals surface area contributed by atoms with Crippen LogP contribution in [0.25, 0.3) is 32.6 Å². The minimum Gasteiger partial charge on any atom is -0.490 e. The molecule has 3 aromatic carbocycles. The molecule has 6 rings (SSSR count). The topological polar surface area (TPSA) is 60.6 Å². The number of rotatable bonds is 0. The number of fused-ring (bicyclic) bond motifs is 7. The fraction of sp³-hybridized carbons (Fsp3) is 0.190. The number of hydrogen-bond donors (Lipinski definition) is 1. The Hall–Kier alpha value is -2.89. The average Bonchev–Trinajstić information content (AvgIpc) is 3.15. The lowest BCUT2D eigenvalue weighted by atomic mass is 9.96. The molecule has 5 heteroatoms. The second kappa shape index (κ2) is 5.06. The van der Waals surface area contributed by atoms with Crippen LogP contribution in [0.2, 0.25) is 0 Å². The summed E-state index contributed by atoms with van der Waals surface area (Å²) >= 11 is 0. The molecular weight excluding hydrogens is 330 g/mol. The van der Waals surface area contributed by atoms with Crippen molar-refractivity contribution in [1.29, 1.82) is 0 Å². The number of hydrogen-bond acceptors (Lipinski definition) is 4. The van der Waals surface area contributed by atoms with E-state index in [1.807, 2.05) is 48.5 Å². The van der Waals surface area contributed by atoms with E-state index in [-0.39, 0.29) is 24.4 Å². The van der Waals surface area contributed by atoms with Crippen LogP contribution in [0.1, 0.15) is 11.7 Å². The minimum absolute atomic E-state index is 0.0170. The highest BCUT2D eigenvalue weighted by Gasteiger charge is 2.38. The van der Waals surface area contributed by atoms with Gasteiger partial charge in [-0.25, -0.2) is 0 Å². The summed E-state index contributed by atoms with van der Waals surface area (Å²) in [7, 11) is 0. The zero-order chi connectivity index (χ0) is 17.3. The predicted octanol–water partition coefficient (Wildman–Crippen LogP) is 3.64. The van der Waals surface area contributed by atoms with Crippen LogP contribution in [-0.4, -0.2) is 24.5 Å². The predicted molar refractivity (Wildman–Crippen MR) is 98.6 cm³/mol. The van der Waals surface area contributed by atoms with Crippen molar-refractivity contribution in [1.82, 2.24) is 4.98 Å². The molecule has 0 saturated carbocycles. The highest BCUT2D eigenvalue weighted by atomic mass is 16.7. The van der Waals surface area contributed by atoms with Gasteiger partial charge in [0, 0.05) is 16.3 Å². The zero-order valence-electron chi connectivity index (χ0n) is 13.8. The third kappa shape index (κ3) is 1.84. The molecule has 1 N–H and O–H groups in total. The van der Waals surface area contributed by atoms with E-state index in [0.717, 1.165) is 33.1 Å². The summed E-state index contributed by atoms with van der Waals surface area (Å²) < 4.78 is 17.2. The normalized spacial score (nSPS) is 21.7. The van der Waals surface area contributed by atoms with Gasteiger partial charge >= 0.3 is 0 Å². The molecule has 1 fully saturated rings. The van der Waals surface area contributed by atoms with Crippen LogP contribution in [0.5, 0.6) is 5.75 Å². The lowest BCUT2D eigenvalue weighted by Gasteiger charge is -2.27. The summed E-state index contributed by atoms with van der Waals surface area (Å²) in [5.41, 5.74) is 2.48. The molecule has 3 heterocycles. The third-order valence-corrected chi connectivity index (χ3v) is 5.40. The molecule has 0 bridgehead atoms. The molecule has 5 nitrogen and oxygen atoms in total. The zero-order valence-corrected chi connectivity index (χ0v) is 13.8. The Morgan fingerprint density at radius 1 is 0.962 bits per heavy atom. The van der Waals surface area contributed by atoms with Gasteiger partial charge in [-0.2, -0.15) is 0 Å². The molecule has 128 valence electrons. The summed E-state index contributed by atoms with van der Waals surface area (Å²) in [5, 5.41) is 3.48. The number of pyridine rings is 1. The first kappa shape index (κ1) is 14.3. The van der Waals surface area contributed by atoms with E-state index in [0.29, 0.717) is 17.4 Å².